The first-order chi connectivity index (χ1) is 12.4. The van der Waals surface area contributed by atoms with Crippen molar-refractivity contribution < 1.29 is 9.53 Å². The highest BCUT2D eigenvalue weighted by molar-refractivity contribution is 7.16. The van der Waals surface area contributed by atoms with E-state index >= 15 is 0 Å². The van der Waals surface area contributed by atoms with Gasteiger partial charge in [0.2, 0.25) is 0 Å². The van der Waals surface area contributed by atoms with Crippen LogP contribution < -0.4 is 15.8 Å². The van der Waals surface area contributed by atoms with Crippen LogP contribution in [0.1, 0.15) is 54.4 Å². The molecule has 1 unspecified atom stereocenters. The predicted octanol–water partition coefficient (Wildman–Crippen LogP) is 5.13. The average Bonchev–Trinajstić information content (AvgIpc) is 2.97. The molecule has 0 radical (unpaired) electrons. The molecule has 3 rings (SSSR count). The van der Waals surface area contributed by atoms with Crippen molar-refractivity contribution in [1.29, 1.82) is 0 Å². The van der Waals surface area contributed by atoms with Gasteiger partial charge in [-0.3, -0.25) is 4.79 Å². The SMILES string of the molecule is CCC(C)(C)C1CCc2c(sc(N)c2C(=O)Nc2ccc(OC)cc2)C1. The lowest BCUT2D eigenvalue weighted by atomic mass is 9.69. The number of hydrogen-bond acceptors (Lipinski definition) is 4. The van der Waals surface area contributed by atoms with E-state index in [1.807, 2.05) is 24.3 Å². The summed E-state index contributed by atoms with van der Waals surface area (Å²) in [4.78, 5) is 14.1. The quantitative estimate of drug-likeness (QED) is 0.764. The molecule has 1 aromatic carbocycles. The first-order valence-electron chi connectivity index (χ1n) is 9.21. The van der Waals surface area contributed by atoms with Gasteiger partial charge in [-0.15, -0.1) is 11.3 Å². The number of amides is 1. The van der Waals surface area contributed by atoms with E-state index in [2.05, 4.69) is 26.1 Å². The molecule has 26 heavy (non-hydrogen) atoms. The third-order valence-corrected chi connectivity index (χ3v) is 6.97. The molecule has 1 heterocycles. The number of fused-ring (bicyclic) bond motifs is 1. The normalized spacial score (nSPS) is 16.8. The Balaban J connectivity index is 1.80. The number of thiophene rings is 1. The number of anilines is 2. The summed E-state index contributed by atoms with van der Waals surface area (Å²) in [6.45, 7) is 6.94. The smallest absolute Gasteiger partial charge is 0.258 e. The summed E-state index contributed by atoms with van der Waals surface area (Å²) >= 11 is 1.59. The maximum atomic E-state index is 12.8. The molecule has 1 aliphatic rings. The summed E-state index contributed by atoms with van der Waals surface area (Å²) < 4.78 is 5.16. The van der Waals surface area contributed by atoms with Crippen molar-refractivity contribution in [3.05, 3.63) is 40.3 Å². The van der Waals surface area contributed by atoms with E-state index in [-0.39, 0.29) is 5.91 Å². The van der Waals surface area contributed by atoms with Crippen LogP contribution in [0.2, 0.25) is 0 Å². The third kappa shape index (κ3) is 3.58. The van der Waals surface area contributed by atoms with Crippen LogP contribution in [-0.2, 0) is 12.8 Å². The zero-order valence-electron chi connectivity index (χ0n) is 16.0. The van der Waals surface area contributed by atoms with E-state index in [4.69, 9.17) is 10.5 Å². The molecule has 2 aromatic rings. The van der Waals surface area contributed by atoms with E-state index in [0.29, 0.717) is 21.9 Å². The van der Waals surface area contributed by atoms with Crippen LogP contribution in [0.3, 0.4) is 0 Å². The van der Waals surface area contributed by atoms with Crippen LogP contribution in [0.5, 0.6) is 5.75 Å². The van der Waals surface area contributed by atoms with Gasteiger partial charge in [-0.1, -0.05) is 27.2 Å². The Morgan fingerprint density at radius 2 is 2.04 bits per heavy atom. The summed E-state index contributed by atoms with van der Waals surface area (Å²) in [6.07, 6.45) is 4.24. The number of rotatable bonds is 5. The third-order valence-electron chi connectivity index (χ3n) is 5.88. The fourth-order valence-corrected chi connectivity index (χ4v) is 4.88. The minimum absolute atomic E-state index is 0.113. The number of ether oxygens (including phenoxy) is 1. The molecule has 5 heteroatoms. The van der Waals surface area contributed by atoms with E-state index in [0.717, 1.165) is 36.3 Å². The minimum Gasteiger partial charge on any atom is -0.497 e. The van der Waals surface area contributed by atoms with E-state index in [1.165, 1.54) is 11.3 Å². The molecule has 0 aliphatic heterocycles. The molecule has 1 amide bonds. The van der Waals surface area contributed by atoms with E-state index in [1.54, 1.807) is 18.4 Å². The molecule has 0 spiro atoms. The Hall–Kier alpha value is -2.01. The van der Waals surface area contributed by atoms with Gasteiger partial charge in [-0.05, 0) is 60.4 Å². The number of carbonyl (C=O) groups is 1. The summed E-state index contributed by atoms with van der Waals surface area (Å²) in [7, 11) is 1.62. The second kappa shape index (κ2) is 7.31. The molecule has 0 fully saturated rings. The number of carbonyl (C=O) groups excluding carboxylic acids is 1. The zero-order chi connectivity index (χ0) is 18.9. The summed E-state index contributed by atoms with van der Waals surface area (Å²) in [5, 5.41) is 3.61. The Morgan fingerprint density at radius 1 is 1.35 bits per heavy atom. The lowest BCUT2D eigenvalue weighted by molar-refractivity contribution is 0.102. The number of nitrogen functional groups attached to an aromatic ring is 1. The molecule has 0 bridgehead atoms. The van der Waals surface area contributed by atoms with Gasteiger partial charge in [0, 0.05) is 10.6 Å². The fraction of sp³-hybridized carbons (Fsp3) is 0.476. The first kappa shape index (κ1) is 18.8. The van der Waals surface area contributed by atoms with E-state index < -0.39 is 0 Å². The lowest BCUT2D eigenvalue weighted by Gasteiger charge is -2.36. The molecule has 4 nitrogen and oxygen atoms in total. The van der Waals surface area contributed by atoms with Gasteiger partial charge in [0.1, 0.15) is 5.75 Å². The van der Waals surface area contributed by atoms with Gasteiger partial charge in [0.15, 0.2) is 0 Å². The Bertz CT molecular complexity index is 793. The Labute approximate surface area is 159 Å². The highest BCUT2D eigenvalue weighted by atomic mass is 32.1. The monoisotopic (exact) mass is 372 g/mol. The Kier molecular flexibility index (Phi) is 5.28. The second-order valence-electron chi connectivity index (χ2n) is 7.71. The number of nitrogens with two attached hydrogens (primary N) is 1. The predicted molar refractivity (Wildman–Crippen MR) is 109 cm³/mol. The number of hydrogen-bond donors (Lipinski definition) is 2. The van der Waals surface area contributed by atoms with Crippen LogP contribution in [-0.4, -0.2) is 13.0 Å². The van der Waals surface area contributed by atoms with Crippen molar-refractivity contribution in [2.24, 2.45) is 11.3 Å². The lowest BCUT2D eigenvalue weighted by Crippen LogP contribution is -2.29. The zero-order valence-corrected chi connectivity index (χ0v) is 16.8. The van der Waals surface area contributed by atoms with Gasteiger partial charge in [-0.2, -0.15) is 0 Å². The molecule has 0 saturated carbocycles. The van der Waals surface area contributed by atoms with Crippen LogP contribution in [0.25, 0.3) is 0 Å². The maximum Gasteiger partial charge on any atom is 0.258 e. The molecular formula is C21H28N2O2S. The minimum atomic E-state index is -0.113. The largest absolute Gasteiger partial charge is 0.497 e. The Morgan fingerprint density at radius 3 is 2.65 bits per heavy atom. The molecule has 1 aliphatic carbocycles. The van der Waals surface area contributed by atoms with Gasteiger partial charge >= 0.3 is 0 Å². The molecule has 3 N–H and O–H groups in total. The second-order valence-corrected chi connectivity index (χ2v) is 8.84. The van der Waals surface area contributed by atoms with Crippen LogP contribution in [0.15, 0.2) is 24.3 Å². The van der Waals surface area contributed by atoms with E-state index in [9.17, 15) is 4.79 Å². The van der Waals surface area contributed by atoms with Gasteiger partial charge < -0.3 is 15.8 Å². The van der Waals surface area contributed by atoms with Crippen molar-refractivity contribution in [3.63, 3.8) is 0 Å². The molecule has 140 valence electrons. The van der Waals surface area contributed by atoms with Crippen molar-refractivity contribution in [2.45, 2.75) is 46.5 Å². The van der Waals surface area contributed by atoms with Gasteiger partial charge in [-0.25, -0.2) is 0 Å². The summed E-state index contributed by atoms with van der Waals surface area (Å²) in [5.41, 5.74) is 9.14. The van der Waals surface area contributed by atoms with Gasteiger partial charge in [0.05, 0.1) is 17.7 Å². The molecule has 0 saturated heterocycles. The van der Waals surface area contributed by atoms with Crippen molar-refractivity contribution in [1.82, 2.24) is 0 Å². The summed E-state index contributed by atoms with van der Waals surface area (Å²) in [6, 6.07) is 7.34. The number of methoxy groups -OCH3 is 1. The van der Waals surface area contributed by atoms with Crippen molar-refractivity contribution >= 4 is 27.9 Å². The van der Waals surface area contributed by atoms with Gasteiger partial charge in [0.25, 0.3) is 5.91 Å². The molecular weight excluding hydrogens is 344 g/mol. The molecule has 1 atom stereocenters. The van der Waals surface area contributed by atoms with Crippen LogP contribution in [0.4, 0.5) is 10.7 Å². The van der Waals surface area contributed by atoms with Crippen molar-refractivity contribution in [2.75, 3.05) is 18.2 Å². The topological polar surface area (TPSA) is 64.4 Å². The van der Waals surface area contributed by atoms with Crippen LogP contribution >= 0.6 is 11.3 Å². The number of benzene rings is 1. The van der Waals surface area contributed by atoms with Crippen LogP contribution in [0, 0.1) is 11.3 Å². The average molecular weight is 373 g/mol. The van der Waals surface area contributed by atoms with Crippen molar-refractivity contribution in [3.8, 4) is 5.75 Å². The highest BCUT2D eigenvalue weighted by Crippen LogP contribution is 2.44. The summed E-state index contributed by atoms with van der Waals surface area (Å²) in [5.74, 6) is 1.30. The highest BCUT2D eigenvalue weighted by Gasteiger charge is 2.34. The first-order valence-corrected chi connectivity index (χ1v) is 10.0. The molecule has 1 aromatic heterocycles. The standard InChI is InChI=1S/C21H28N2O2S/c1-5-21(2,3)13-6-11-16-17(12-13)26-19(22)18(16)20(24)23-14-7-9-15(25-4)10-8-14/h7-10,13H,5-6,11-12,22H2,1-4H3,(H,23,24). The number of nitrogens with one attached hydrogen (secondary N) is 1. The maximum absolute atomic E-state index is 12.8. The fourth-order valence-electron chi connectivity index (χ4n) is 3.68.